The minimum absolute atomic E-state index is 0.0506. The van der Waals surface area contributed by atoms with Crippen LogP contribution in [0.3, 0.4) is 0 Å². The van der Waals surface area contributed by atoms with Crippen molar-refractivity contribution in [2.75, 3.05) is 57.4 Å². The number of morpholine rings is 1. The summed E-state index contributed by atoms with van der Waals surface area (Å²) in [6.45, 7) is 2.67. The Hall–Kier alpha value is -2.31. The first kappa shape index (κ1) is 25.3. The molecule has 1 fully saturated rings. The summed E-state index contributed by atoms with van der Waals surface area (Å²) in [7, 11) is 2.90. The molecule has 2 aromatic rings. The van der Waals surface area contributed by atoms with Gasteiger partial charge in [0.2, 0.25) is 0 Å². The van der Waals surface area contributed by atoms with Crippen LogP contribution in [-0.2, 0) is 23.8 Å². The number of thiophene rings is 1. The zero-order valence-electron chi connectivity index (χ0n) is 18.6. The number of rotatable bonds is 9. The van der Waals surface area contributed by atoms with Gasteiger partial charge in [0.25, 0.3) is 17.7 Å². The van der Waals surface area contributed by atoms with Gasteiger partial charge < -0.3 is 29.7 Å². The molecule has 3 rings (SSSR count). The van der Waals surface area contributed by atoms with Crippen LogP contribution in [0.25, 0.3) is 0 Å². The van der Waals surface area contributed by atoms with Crippen molar-refractivity contribution in [1.29, 1.82) is 0 Å². The summed E-state index contributed by atoms with van der Waals surface area (Å²) in [6, 6.07) is 8.70. The Morgan fingerprint density at radius 2 is 1.94 bits per heavy atom. The molecule has 178 valence electrons. The Morgan fingerprint density at radius 3 is 2.52 bits per heavy atom. The fraction of sp³-hybridized carbons (Fsp3) is 0.409. The number of methoxy groups -OCH3 is 2. The van der Waals surface area contributed by atoms with Gasteiger partial charge in [0.1, 0.15) is 6.61 Å². The van der Waals surface area contributed by atoms with Crippen molar-refractivity contribution in [3.8, 4) is 0 Å². The summed E-state index contributed by atoms with van der Waals surface area (Å²) in [5.41, 5.74) is 0.647. The molecule has 3 amide bonds. The molecule has 1 aromatic heterocycles. The molecule has 0 unspecified atom stereocenters. The molecule has 1 aromatic carbocycles. The molecule has 0 atom stereocenters. The van der Waals surface area contributed by atoms with Crippen molar-refractivity contribution < 1.29 is 28.6 Å². The summed E-state index contributed by atoms with van der Waals surface area (Å²) >= 11 is 4.59. The van der Waals surface area contributed by atoms with Gasteiger partial charge >= 0.3 is 0 Å². The average Bonchev–Trinajstić information content (AvgIpc) is 3.21. The van der Waals surface area contributed by atoms with Gasteiger partial charge in [-0.15, -0.1) is 11.3 Å². The highest BCUT2D eigenvalue weighted by molar-refractivity contribution is 9.11. The van der Waals surface area contributed by atoms with Crippen LogP contribution in [0.5, 0.6) is 0 Å². The summed E-state index contributed by atoms with van der Waals surface area (Å²) in [4.78, 5) is 40.5. The van der Waals surface area contributed by atoms with Gasteiger partial charge in [0.05, 0.1) is 28.5 Å². The topological polar surface area (TPSA) is 106 Å². The second kappa shape index (κ2) is 11.2. The van der Waals surface area contributed by atoms with E-state index in [9.17, 15) is 14.4 Å². The molecule has 1 saturated heterocycles. The summed E-state index contributed by atoms with van der Waals surface area (Å²) < 4.78 is 16.5. The standard InChI is InChI=1S/C22H26BrN3O6S/c1-14-10-15(4-5-16(14)26-8-9-32-11-19(26)27)24-21(29)22(12-30-2,13-31-3)25-20(28)17-6-7-18(23)33-17/h4-7,10H,8-9,11-13H2,1-3H3,(H,24,29)(H,25,28). The Morgan fingerprint density at radius 1 is 1.21 bits per heavy atom. The summed E-state index contributed by atoms with van der Waals surface area (Å²) in [5.74, 6) is -1.000. The number of anilines is 2. The van der Waals surface area contributed by atoms with E-state index in [1.807, 2.05) is 6.92 Å². The molecule has 1 aliphatic rings. The normalized spacial score (nSPS) is 14.3. The lowest BCUT2D eigenvalue weighted by atomic mass is 9.99. The minimum Gasteiger partial charge on any atom is -0.382 e. The number of nitrogens with zero attached hydrogens (tertiary/aromatic N) is 1. The van der Waals surface area contributed by atoms with Crippen molar-refractivity contribution >= 4 is 56.4 Å². The van der Waals surface area contributed by atoms with Crippen LogP contribution in [-0.4, -0.2) is 70.5 Å². The molecule has 0 aliphatic carbocycles. The molecule has 0 radical (unpaired) electrons. The molecule has 2 N–H and O–H groups in total. The number of aryl methyl sites for hydroxylation is 1. The van der Waals surface area contributed by atoms with Crippen molar-refractivity contribution in [1.82, 2.24) is 5.32 Å². The van der Waals surface area contributed by atoms with Gasteiger partial charge in [-0.25, -0.2) is 0 Å². The molecule has 33 heavy (non-hydrogen) atoms. The highest BCUT2D eigenvalue weighted by atomic mass is 79.9. The monoisotopic (exact) mass is 539 g/mol. The van der Waals surface area contributed by atoms with Gasteiger partial charge in [-0.3, -0.25) is 14.4 Å². The third-order valence-corrected chi connectivity index (χ3v) is 6.72. The molecular weight excluding hydrogens is 514 g/mol. The van der Waals surface area contributed by atoms with Crippen molar-refractivity contribution in [3.63, 3.8) is 0 Å². The SMILES string of the molecule is COCC(COC)(NC(=O)c1ccc(Br)s1)C(=O)Nc1ccc(N2CCOCC2=O)c(C)c1. The molecule has 11 heteroatoms. The quantitative estimate of drug-likeness (QED) is 0.507. The lowest BCUT2D eigenvalue weighted by molar-refractivity contribution is -0.127. The van der Waals surface area contributed by atoms with Crippen LogP contribution >= 0.6 is 27.3 Å². The highest BCUT2D eigenvalue weighted by Gasteiger charge is 2.41. The molecule has 0 bridgehead atoms. The maximum Gasteiger partial charge on any atom is 0.262 e. The number of hydrogen-bond donors (Lipinski definition) is 2. The summed E-state index contributed by atoms with van der Waals surface area (Å²) in [5, 5.41) is 5.64. The average molecular weight is 540 g/mol. The highest BCUT2D eigenvalue weighted by Crippen LogP contribution is 2.26. The van der Waals surface area contributed by atoms with Crippen LogP contribution in [0.2, 0.25) is 0 Å². The third-order valence-electron chi connectivity index (χ3n) is 5.10. The molecule has 0 spiro atoms. The van der Waals surface area contributed by atoms with Gasteiger partial charge in [-0.05, 0) is 58.7 Å². The van der Waals surface area contributed by atoms with Gasteiger partial charge in [-0.1, -0.05) is 0 Å². The number of carbonyl (C=O) groups is 3. The molecule has 9 nitrogen and oxygen atoms in total. The van der Waals surface area contributed by atoms with Crippen LogP contribution < -0.4 is 15.5 Å². The van der Waals surface area contributed by atoms with Crippen LogP contribution in [0.15, 0.2) is 34.1 Å². The number of hydrogen-bond acceptors (Lipinski definition) is 7. The first-order chi connectivity index (χ1) is 15.8. The first-order valence-electron chi connectivity index (χ1n) is 10.2. The van der Waals surface area contributed by atoms with E-state index < -0.39 is 17.4 Å². The number of carbonyl (C=O) groups excluding carboxylic acids is 3. The Kier molecular flexibility index (Phi) is 8.60. The molecule has 2 heterocycles. The predicted molar refractivity (Wildman–Crippen MR) is 129 cm³/mol. The van der Waals surface area contributed by atoms with E-state index in [2.05, 4.69) is 26.6 Å². The van der Waals surface area contributed by atoms with Crippen LogP contribution in [0.4, 0.5) is 11.4 Å². The van der Waals surface area contributed by atoms with Gasteiger partial charge in [-0.2, -0.15) is 0 Å². The van der Waals surface area contributed by atoms with Gasteiger partial charge in [0.15, 0.2) is 5.54 Å². The number of ether oxygens (including phenoxy) is 3. The van der Waals surface area contributed by atoms with Crippen LogP contribution in [0, 0.1) is 6.92 Å². The zero-order valence-corrected chi connectivity index (χ0v) is 21.0. The first-order valence-corrected chi connectivity index (χ1v) is 11.8. The zero-order chi connectivity index (χ0) is 24.0. The number of benzene rings is 1. The maximum atomic E-state index is 13.4. The lowest BCUT2D eigenvalue weighted by Gasteiger charge is -2.32. The van der Waals surface area contributed by atoms with E-state index in [4.69, 9.17) is 14.2 Å². The van der Waals surface area contributed by atoms with Gasteiger partial charge in [0, 0.05) is 32.1 Å². The van der Waals surface area contributed by atoms with Crippen LogP contribution in [0.1, 0.15) is 15.2 Å². The maximum absolute atomic E-state index is 13.4. The number of amides is 3. The van der Waals surface area contributed by atoms with E-state index in [0.29, 0.717) is 23.7 Å². The smallest absolute Gasteiger partial charge is 0.262 e. The van der Waals surface area contributed by atoms with Crippen molar-refractivity contribution in [2.45, 2.75) is 12.5 Å². The van der Waals surface area contributed by atoms with E-state index in [-0.39, 0.29) is 25.7 Å². The molecular formula is C22H26BrN3O6S. The van der Waals surface area contributed by atoms with Crippen molar-refractivity contribution in [3.05, 3.63) is 44.6 Å². The Bertz CT molecular complexity index is 1020. The predicted octanol–water partition coefficient (Wildman–Crippen LogP) is 2.58. The van der Waals surface area contributed by atoms with E-state index in [1.165, 1.54) is 25.6 Å². The van der Waals surface area contributed by atoms with E-state index in [1.54, 1.807) is 35.2 Å². The number of halogens is 1. The minimum atomic E-state index is -1.45. The third kappa shape index (κ3) is 5.98. The number of nitrogens with one attached hydrogen (secondary N) is 2. The molecule has 0 saturated carbocycles. The Labute approximate surface area is 204 Å². The van der Waals surface area contributed by atoms with E-state index >= 15 is 0 Å². The fourth-order valence-corrected chi connectivity index (χ4v) is 4.85. The fourth-order valence-electron chi connectivity index (χ4n) is 3.57. The van der Waals surface area contributed by atoms with Crippen molar-refractivity contribution in [2.24, 2.45) is 0 Å². The Balaban J connectivity index is 1.81. The largest absolute Gasteiger partial charge is 0.382 e. The second-order valence-electron chi connectivity index (χ2n) is 7.56. The second-order valence-corrected chi connectivity index (χ2v) is 10.0. The molecule has 1 aliphatic heterocycles. The van der Waals surface area contributed by atoms with E-state index in [0.717, 1.165) is 15.0 Å². The summed E-state index contributed by atoms with van der Waals surface area (Å²) in [6.07, 6.45) is 0. The lowest BCUT2D eigenvalue weighted by Crippen LogP contribution is -2.62.